The van der Waals surface area contributed by atoms with Crippen molar-refractivity contribution < 1.29 is 9.32 Å². The fraction of sp³-hybridized carbons (Fsp3) is 0.393. The number of carbonyl (C=O) groups is 1. The van der Waals surface area contributed by atoms with E-state index in [1.165, 1.54) is 16.7 Å². The molecule has 6 heteroatoms. The third-order valence-corrected chi connectivity index (χ3v) is 6.72. The molecule has 1 aliphatic rings. The number of unbranched alkanes of at least 4 members (excludes halogenated alkanes) is 2. The number of aryl methyl sites for hydroxylation is 3. The van der Waals surface area contributed by atoms with Gasteiger partial charge in [-0.05, 0) is 55.9 Å². The molecule has 0 spiro atoms. The van der Waals surface area contributed by atoms with E-state index in [9.17, 15) is 4.79 Å². The smallest absolute Gasteiger partial charge is 0.322 e. The molecule has 2 aromatic carbocycles. The van der Waals surface area contributed by atoms with Crippen LogP contribution in [0.1, 0.15) is 74.2 Å². The van der Waals surface area contributed by atoms with Crippen molar-refractivity contribution in [2.75, 3.05) is 6.54 Å². The van der Waals surface area contributed by atoms with Gasteiger partial charge in [-0.2, -0.15) is 4.98 Å². The van der Waals surface area contributed by atoms with E-state index in [1.807, 2.05) is 24.0 Å². The average molecular weight is 459 g/mol. The number of amides is 2. The molecular weight excluding hydrogens is 424 g/mol. The summed E-state index contributed by atoms with van der Waals surface area (Å²) in [6, 6.07) is 14.1. The van der Waals surface area contributed by atoms with Gasteiger partial charge in [0.05, 0.1) is 11.6 Å². The number of nitrogens with one attached hydrogen (secondary N) is 1. The van der Waals surface area contributed by atoms with Gasteiger partial charge >= 0.3 is 6.03 Å². The van der Waals surface area contributed by atoms with Gasteiger partial charge in [0, 0.05) is 17.8 Å². The Bertz CT molecular complexity index is 1190. The molecule has 1 aromatic heterocycles. The van der Waals surface area contributed by atoms with Crippen LogP contribution in [0.4, 0.5) is 4.79 Å². The van der Waals surface area contributed by atoms with Gasteiger partial charge < -0.3 is 9.84 Å². The second-order valence-electron chi connectivity index (χ2n) is 9.06. The SMILES string of the molecule is CCCCCN1C(=O)NC(c2ccc(C)c(C)c2)C(c2nc(-c3ccc(CC)cc3)no2)=C1C. The highest BCUT2D eigenvalue weighted by Gasteiger charge is 2.35. The van der Waals surface area contributed by atoms with Crippen molar-refractivity contribution in [3.63, 3.8) is 0 Å². The molecule has 6 nitrogen and oxygen atoms in total. The Morgan fingerprint density at radius 2 is 1.76 bits per heavy atom. The molecule has 0 radical (unpaired) electrons. The van der Waals surface area contributed by atoms with Crippen molar-refractivity contribution in [1.29, 1.82) is 0 Å². The number of rotatable bonds is 8. The number of aromatic nitrogens is 2. The summed E-state index contributed by atoms with van der Waals surface area (Å²) >= 11 is 0. The van der Waals surface area contributed by atoms with Crippen LogP contribution in [-0.4, -0.2) is 27.6 Å². The minimum absolute atomic E-state index is 0.0875. The summed E-state index contributed by atoms with van der Waals surface area (Å²) in [6.45, 7) is 11.1. The maximum atomic E-state index is 13.1. The van der Waals surface area contributed by atoms with Gasteiger partial charge in [0.25, 0.3) is 5.89 Å². The third-order valence-electron chi connectivity index (χ3n) is 6.72. The van der Waals surface area contributed by atoms with Crippen LogP contribution in [0.2, 0.25) is 0 Å². The highest BCUT2D eigenvalue weighted by molar-refractivity contribution is 5.87. The molecule has 2 amide bonds. The quantitative estimate of drug-likeness (QED) is 0.386. The van der Waals surface area contributed by atoms with Crippen LogP contribution in [0.25, 0.3) is 17.0 Å². The van der Waals surface area contributed by atoms with E-state index >= 15 is 0 Å². The topological polar surface area (TPSA) is 71.3 Å². The number of urea groups is 1. The van der Waals surface area contributed by atoms with E-state index in [0.29, 0.717) is 18.3 Å². The van der Waals surface area contributed by atoms with Gasteiger partial charge in [0.15, 0.2) is 0 Å². The number of allylic oxidation sites excluding steroid dienone is 1. The Morgan fingerprint density at radius 3 is 2.44 bits per heavy atom. The molecule has 0 fully saturated rings. The Morgan fingerprint density at radius 1 is 1.00 bits per heavy atom. The monoisotopic (exact) mass is 458 g/mol. The van der Waals surface area contributed by atoms with Crippen molar-refractivity contribution in [1.82, 2.24) is 20.4 Å². The average Bonchev–Trinajstić information content (AvgIpc) is 3.32. The predicted molar refractivity (Wildman–Crippen MR) is 135 cm³/mol. The zero-order valence-corrected chi connectivity index (χ0v) is 20.8. The van der Waals surface area contributed by atoms with Crippen LogP contribution >= 0.6 is 0 Å². The predicted octanol–water partition coefficient (Wildman–Crippen LogP) is 6.60. The molecule has 3 aromatic rings. The lowest BCUT2D eigenvalue weighted by atomic mass is 9.92. The molecule has 0 bridgehead atoms. The first-order valence-electron chi connectivity index (χ1n) is 12.2. The van der Waals surface area contributed by atoms with Gasteiger partial charge in [-0.25, -0.2) is 4.79 Å². The molecule has 1 atom stereocenters. The summed E-state index contributed by atoms with van der Waals surface area (Å²) in [5.41, 5.74) is 7.28. The highest BCUT2D eigenvalue weighted by Crippen LogP contribution is 2.38. The van der Waals surface area contributed by atoms with Gasteiger partial charge in [-0.15, -0.1) is 0 Å². The van der Waals surface area contributed by atoms with Crippen LogP contribution in [0.15, 0.2) is 52.7 Å². The minimum atomic E-state index is -0.356. The summed E-state index contributed by atoms with van der Waals surface area (Å²) in [5, 5.41) is 7.48. The third kappa shape index (κ3) is 4.76. The highest BCUT2D eigenvalue weighted by atomic mass is 16.5. The Labute approximate surface area is 202 Å². The van der Waals surface area contributed by atoms with Crippen molar-refractivity contribution in [3.05, 3.63) is 76.3 Å². The molecule has 2 heterocycles. The fourth-order valence-electron chi connectivity index (χ4n) is 4.38. The summed E-state index contributed by atoms with van der Waals surface area (Å²) < 4.78 is 5.80. The van der Waals surface area contributed by atoms with E-state index in [4.69, 9.17) is 9.51 Å². The minimum Gasteiger partial charge on any atom is -0.334 e. The van der Waals surface area contributed by atoms with Gasteiger partial charge in [-0.1, -0.05) is 74.3 Å². The Hall–Kier alpha value is -3.41. The maximum Gasteiger partial charge on any atom is 0.322 e. The second kappa shape index (κ2) is 10.2. The van der Waals surface area contributed by atoms with Gasteiger partial charge in [-0.3, -0.25) is 4.90 Å². The van der Waals surface area contributed by atoms with Crippen LogP contribution in [0.5, 0.6) is 0 Å². The largest absolute Gasteiger partial charge is 0.334 e. The van der Waals surface area contributed by atoms with Crippen LogP contribution in [-0.2, 0) is 6.42 Å². The molecule has 34 heavy (non-hydrogen) atoms. The van der Waals surface area contributed by atoms with E-state index in [2.05, 4.69) is 68.5 Å². The van der Waals surface area contributed by atoms with Crippen LogP contribution in [0.3, 0.4) is 0 Å². The van der Waals surface area contributed by atoms with Crippen molar-refractivity contribution >= 4 is 11.6 Å². The van der Waals surface area contributed by atoms with E-state index in [-0.39, 0.29) is 12.1 Å². The number of hydrogen-bond donors (Lipinski definition) is 1. The maximum absolute atomic E-state index is 13.1. The number of carbonyl (C=O) groups excluding carboxylic acids is 1. The number of hydrogen-bond acceptors (Lipinski definition) is 4. The standard InChI is InChI=1S/C28H34N4O2/c1-6-8-9-16-32-20(5)24(25(29-28(32)33)23-13-10-18(3)19(4)17-23)27-30-26(31-34-27)22-14-11-21(7-2)12-15-22/h10-15,17,25H,6-9,16H2,1-5H3,(H,29,33). The van der Waals surface area contributed by atoms with E-state index in [0.717, 1.165) is 48.1 Å². The molecule has 1 N–H and O–H groups in total. The molecule has 1 aliphatic heterocycles. The zero-order chi connectivity index (χ0) is 24.2. The van der Waals surface area contributed by atoms with Crippen molar-refractivity contribution in [2.24, 2.45) is 0 Å². The summed E-state index contributed by atoms with van der Waals surface area (Å²) in [6.07, 6.45) is 4.10. The Balaban J connectivity index is 1.76. The summed E-state index contributed by atoms with van der Waals surface area (Å²) in [7, 11) is 0. The first kappa shape index (κ1) is 23.7. The van der Waals surface area contributed by atoms with Crippen LogP contribution in [0, 0.1) is 13.8 Å². The second-order valence-corrected chi connectivity index (χ2v) is 9.06. The lowest BCUT2D eigenvalue weighted by Crippen LogP contribution is -2.46. The van der Waals surface area contributed by atoms with E-state index in [1.54, 1.807) is 0 Å². The van der Waals surface area contributed by atoms with Crippen molar-refractivity contribution in [2.45, 2.75) is 66.3 Å². The molecular formula is C28H34N4O2. The molecule has 1 unspecified atom stereocenters. The van der Waals surface area contributed by atoms with Gasteiger partial charge in [0.2, 0.25) is 5.82 Å². The normalized spacial score (nSPS) is 16.2. The molecule has 4 rings (SSSR count). The first-order chi connectivity index (χ1) is 16.4. The molecule has 0 saturated carbocycles. The molecule has 0 saturated heterocycles. The summed E-state index contributed by atoms with van der Waals surface area (Å²) in [4.78, 5) is 19.7. The molecule has 0 aliphatic carbocycles. The number of benzene rings is 2. The van der Waals surface area contributed by atoms with Gasteiger partial charge in [0.1, 0.15) is 0 Å². The Kier molecular flexibility index (Phi) is 7.15. The number of nitrogens with zero attached hydrogens (tertiary/aromatic N) is 3. The first-order valence-corrected chi connectivity index (χ1v) is 12.2. The van der Waals surface area contributed by atoms with E-state index < -0.39 is 0 Å². The van der Waals surface area contributed by atoms with Crippen LogP contribution < -0.4 is 5.32 Å². The van der Waals surface area contributed by atoms with Crippen molar-refractivity contribution in [3.8, 4) is 11.4 Å². The lowest BCUT2D eigenvalue weighted by Gasteiger charge is -2.35. The lowest BCUT2D eigenvalue weighted by molar-refractivity contribution is 0.204. The molecule has 178 valence electrons. The zero-order valence-electron chi connectivity index (χ0n) is 20.8. The summed E-state index contributed by atoms with van der Waals surface area (Å²) in [5.74, 6) is 0.988. The fourth-order valence-corrected chi connectivity index (χ4v) is 4.38.